The second kappa shape index (κ2) is 7.54. The van der Waals surface area contributed by atoms with Crippen LogP contribution in [0.25, 0.3) is 0 Å². The number of sulfonamides is 1. The molecule has 1 aromatic carbocycles. The molecule has 5 nitrogen and oxygen atoms in total. The second-order valence-corrected chi connectivity index (χ2v) is 8.95. The van der Waals surface area contributed by atoms with Gasteiger partial charge in [0.1, 0.15) is 0 Å². The fraction of sp³-hybridized carbons (Fsp3) is 0.611. The van der Waals surface area contributed by atoms with Crippen LogP contribution in [-0.2, 0) is 16.6 Å². The summed E-state index contributed by atoms with van der Waals surface area (Å²) >= 11 is 0. The number of nitrogens with one attached hydrogen (secondary N) is 1. The molecule has 0 saturated carbocycles. The zero-order valence-corrected chi connectivity index (χ0v) is 15.6. The third kappa shape index (κ3) is 4.96. The van der Waals surface area contributed by atoms with Crippen molar-refractivity contribution in [3.63, 3.8) is 0 Å². The topological polar surface area (TPSA) is 73.2 Å². The third-order valence-corrected chi connectivity index (χ3v) is 5.78. The first-order chi connectivity index (χ1) is 11.2. The molecule has 0 atom stereocenters. The van der Waals surface area contributed by atoms with E-state index in [4.69, 9.17) is 5.26 Å². The second-order valence-electron chi connectivity index (χ2n) is 7.20. The maximum Gasteiger partial charge on any atom is 0.229 e. The first kappa shape index (κ1) is 18.8. The summed E-state index contributed by atoms with van der Waals surface area (Å²) < 4.78 is 24.9. The molecule has 1 heterocycles. The van der Waals surface area contributed by atoms with Crippen LogP contribution in [0.5, 0.6) is 0 Å². The Hall–Kier alpha value is -1.58. The van der Waals surface area contributed by atoms with Crippen LogP contribution in [0.2, 0.25) is 0 Å². The lowest BCUT2D eigenvalue weighted by molar-refractivity contribution is 0.0617. The van der Waals surface area contributed by atoms with Gasteiger partial charge in [-0.15, -0.1) is 0 Å². The number of piperidine rings is 1. The smallest absolute Gasteiger partial charge is 0.229 e. The van der Waals surface area contributed by atoms with Gasteiger partial charge in [-0.1, -0.05) is 26.0 Å². The first-order valence-corrected chi connectivity index (χ1v) is 10.3. The summed E-state index contributed by atoms with van der Waals surface area (Å²) in [5, 5.41) is 9.13. The summed E-state index contributed by atoms with van der Waals surface area (Å²) in [5.41, 5.74) is 1.92. The van der Waals surface area contributed by atoms with E-state index in [0.717, 1.165) is 38.7 Å². The quantitative estimate of drug-likeness (QED) is 0.856. The number of rotatable bonds is 6. The molecular formula is C18H27N3O2S. The number of nitriles is 1. The van der Waals surface area contributed by atoms with E-state index in [1.165, 1.54) is 5.56 Å². The van der Waals surface area contributed by atoms with Gasteiger partial charge in [0, 0.05) is 18.7 Å². The summed E-state index contributed by atoms with van der Waals surface area (Å²) in [4.78, 5) is 2.41. The van der Waals surface area contributed by atoms with E-state index in [9.17, 15) is 8.42 Å². The Bertz CT molecular complexity index is 682. The SMILES string of the molecule is CC(C)C1(CC#N)CCN(Cc2ccc(NS(C)(=O)=O)cc2)CC1. The molecule has 6 heteroatoms. The van der Waals surface area contributed by atoms with Crippen LogP contribution in [0, 0.1) is 22.7 Å². The Morgan fingerprint density at radius 1 is 1.25 bits per heavy atom. The van der Waals surface area contributed by atoms with Crippen LogP contribution < -0.4 is 4.72 Å². The van der Waals surface area contributed by atoms with Crippen LogP contribution >= 0.6 is 0 Å². The average molecular weight is 350 g/mol. The van der Waals surface area contributed by atoms with Crippen molar-refractivity contribution >= 4 is 15.7 Å². The summed E-state index contributed by atoms with van der Waals surface area (Å²) in [6, 6.07) is 9.91. The monoisotopic (exact) mass is 349 g/mol. The van der Waals surface area contributed by atoms with Crippen molar-refractivity contribution < 1.29 is 8.42 Å². The molecule has 0 bridgehead atoms. The molecule has 132 valence electrons. The molecule has 1 saturated heterocycles. The fourth-order valence-electron chi connectivity index (χ4n) is 3.42. The molecule has 0 unspecified atom stereocenters. The maximum atomic E-state index is 11.2. The van der Waals surface area contributed by atoms with Crippen molar-refractivity contribution in [1.29, 1.82) is 5.26 Å². The van der Waals surface area contributed by atoms with Crippen molar-refractivity contribution in [2.45, 2.75) is 39.7 Å². The number of nitrogens with zero attached hydrogens (tertiary/aromatic N) is 2. The van der Waals surface area contributed by atoms with Gasteiger partial charge in [-0.3, -0.25) is 9.62 Å². The van der Waals surface area contributed by atoms with Crippen molar-refractivity contribution in [2.75, 3.05) is 24.1 Å². The van der Waals surface area contributed by atoms with Gasteiger partial charge in [0.2, 0.25) is 10.0 Å². The predicted octanol–water partition coefficient (Wildman–Crippen LogP) is 3.21. The van der Waals surface area contributed by atoms with Crippen LogP contribution in [0.4, 0.5) is 5.69 Å². The van der Waals surface area contributed by atoms with Crippen molar-refractivity contribution in [1.82, 2.24) is 4.90 Å². The van der Waals surface area contributed by atoms with E-state index in [0.29, 0.717) is 18.0 Å². The molecule has 0 amide bonds. The van der Waals surface area contributed by atoms with Gasteiger partial charge in [0.25, 0.3) is 0 Å². The number of hydrogen-bond acceptors (Lipinski definition) is 4. The molecule has 1 aromatic rings. The normalized spacial score (nSPS) is 18.3. The lowest BCUT2D eigenvalue weighted by Crippen LogP contribution is -2.42. The van der Waals surface area contributed by atoms with Crippen molar-refractivity contribution in [3.05, 3.63) is 29.8 Å². The minimum absolute atomic E-state index is 0.161. The van der Waals surface area contributed by atoms with Crippen molar-refractivity contribution in [3.8, 4) is 6.07 Å². The highest BCUT2D eigenvalue weighted by molar-refractivity contribution is 7.92. The highest BCUT2D eigenvalue weighted by atomic mass is 32.2. The zero-order chi connectivity index (χ0) is 17.8. The molecule has 1 aliphatic rings. The van der Waals surface area contributed by atoms with Crippen LogP contribution in [0.1, 0.15) is 38.7 Å². The van der Waals surface area contributed by atoms with Crippen LogP contribution in [-0.4, -0.2) is 32.7 Å². The lowest BCUT2D eigenvalue weighted by atomic mass is 9.68. The molecule has 2 rings (SSSR count). The zero-order valence-electron chi connectivity index (χ0n) is 14.7. The molecule has 0 radical (unpaired) electrons. The highest BCUT2D eigenvalue weighted by Crippen LogP contribution is 2.41. The Morgan fingerprint density at radius 2 is 1.83 bits per heavy atom. The number of likely N-dealkylation sites (tertiary alicyclic amines) is 1. The Morgan fingerprint density at radius 3 is 2.29 bits per heavy atom. The number of anilines is 1. The minimum Gasteiger partial charge on any atom is -0.299 e. The standard InChI is InChI=1S/C18H27N3O2S/c1-15(2)18(8-11-19)9-12-21(13-10-18)14-16-4-6-17(7-5-16)20-24(3,22)23/h4-7,15,20H,8-10,12-14H2,1-3H3. The van der Waals surface area contributed by atoms with E-state index in [-0.39, 0.29) is 5.41 Å². The van der Waals surface area contributed by atoms with Crippen LogP contribution in [0.15, 0.2) is 24.3 Å². The van der Waals surface area contributed by atoms with Gasteiger partial charge in [-0.25, -0.2) is 8.42 Å². The van der Waals surface area contributed by atoms with Crippen molar-refractivity contribution in [2.24, 2.45) is 11.3 Å². The van der Waals surface area contributed by atoms with Gasteiger partial charge in [-0.05, 0) is 55.0 Å². The molecule has 0 aromatic heterocycles. The molecule has 0 spiro atoms. The molecule has 24 heavy (non-hydrogen) atoms. The van der Waals surface area contributed by atoms with E-state index >= 15 is 0 Å². The molecule has 1 N–H and O–H groups in total. The number of hydrogen-bond donors (Lipinski definition) is 1. The van der Waals surface area contributed by atoms with E-state index in [1.807, 2.05) is 12.1 Å². The Kier molecular flexibility index (Phi) is 5.89. The van der Waals surface area contributed by atoms with E-state index < -0.39 is 10.0 Å². The summed E-state index contributed by atoms with van der Waals surface area (Å²) in [6.45, 7) is 7.31. The summed E-state index contributed by atoms with van der Waals surface area (Å²) in [6.07, 6.45) is 3.92. The minimum atomic E-state index is -3.23. The first-order valence-electron chi connectivity index (χ1n) is 8.40. The molecule has 1 fully saturated rings. The highest BCUT2D eigenvalue weighted by Gasteiger charge is 2.37. The fourth-order valence-corrected chi connectivity index (χ4v) is 3.99. The maximum absolute atomic E-state index is 11.2. The lowest BCUT2D eigenvalue weighted by Gasteiger charge is -2.43. The Labute approximate surface area is 145 Å². The molecule has 0 aliphatic carbocycles. The number of benzene rings is 1. The van der Waals surface area contributed by atoms with Gasteiger partial charge in [-0.2, -0.15) is 5.26 Å². The summed E-state index contributed by atoms with van der Waals surface area (Å²) in [5.74, 6) is 0.528. The van der Waals surface area contributed by atoms with E-state index in [1.54, 1.807) is 12.1 Å². The van der Waals surface area contributed by atoms with Gasteiger partial charge in [0.15, 0.2) is 0 Å². The molecule has 1 aliphatic heterocycles. The van der Waals surface area contributed by atoms with E-state index in [2.05, 4.69) is 29.5 Å². The predicted molar refractivity (Wildman–Crippen MR) is 96.9 cm³/mol. The average Bonchev–Trinajstić information content (AvgIpc) is 2.50. The van der Waals surface area contributed by atoms with Crippen LogP contribution in [0.3, 0.4) is 0 Å². The van der Waals surface area contributed by atoms with Gasteiger partial charge in [0.05, 0.1) is 12.3 Å². The molecular weight excluding hydrogens is 322 g/mol. The summed E-state index contributed by atoms with van der Waals surface area (Å²) in [7, 11) is -3.23. The van der Waals surface area contributed by atoms with Gasteiger partial charge >= 0.3 is 0 Å². The largest absolute Gasteiger partial charge is 0.299 e. The van der Waals surface area contributed by atoms with Gasteiger partial charge < -0.3 is 0 Å². The third-order valence-electron chi connectivity index (χ3n) is 5.17. The Balaban J connectivity index is 1.93.